The van der Waals surface area contributed by atoms with E-state index in [2.05, 4.69) is 96.3 Å². The van der Waals surface area contributed by atoms with Crippen LogP contribution in [0.4, 0.5) is 13.2 Å². The second-order valence-corrected chi connectivity index (χ2v) is 8.23. The first-order valence-electron chi connectivity index (χ1n) is 10.2. The lowest BCUT2D eigenvalue weighted by molar-refractivity contribution is -0.192. The average Bonchev–Trinajstić information content (AvgIpc) is 3.25. The highest BCUT2D eigenvalue weighted by molar-refractivity contribution is 7.99. The van der Waals surface area contributed by atoms with Crippen LogP contribution in [0.5, 0.6) is 0 Å². The molecule has 0 fully saturated rings. The van der Waals surface area contributed by atoms with E-state index in [1.807, 2.05) is 11.8 Å². The van der Waals surface area contributed by atoms with Crippen LogP contribution in [-0.4, -0.2) is 28.8 Å². The van der Waals surface area contributed by atoms with E-state index >= 15 is 0 Å². The summed E-state index contributed by atoms with van der Waals surface area (Å²) in [4.78, 5) is 13.9. The first-order chi connectivity index (χ1) is 15.8. The van der Waals surface area contributed by atoms with Gasteiger partial charge >= 0.3 is 12.1 Å². The second-order valence-electron chi connectivity index (χ2n) is 7.25. The zero-order valence-electron chi connectivity index (χ0n) is 17.6. The fraction of sp³-hybridized carbons (Fsp3) is 0.200. The van der Waals surface area contributed by atoms with Gasteiger partial charge in [0.05, 0.1) is 11.8 Å². The number of alkyl halides is 3. The number of carboxylic acids is 1. The van der Waals surface area contributed by atoms with Gasteiger partial charge in [-0.3, -0.25) is 4.99 Å². The SMILES string of the molecule is O=C(O)C(F)(F)F.c1ccc(CSCC2=N[C@H](c3ccccc3)[C@H](c3ccccc3)N2)cc1. The Balaban J connectivity index is 0.000000383. The standard InChI is InChI=1S/C23H22N2S.C2HF3O2/c1-4-10-18(11-5-1)16-26-17-21-24-22(19-12-6-2-7-13-19)23(25-21)20-14-8-3-9-15-20;3-2(4,5)1(6)7/h1-15,22-23H,16-17H2,(H,24,25);(H,6,7)/t22-,23+;. The predicted molar refractivity (Wildman–Crippen MR) is 125 cm³/mol. The molecule has 3 aromatic carbocycles. The van der Waals surface area contributed by atoms with Gasteiger partial charge in [-0.1, -0.05) is 91.0 Å². The molecule has 0 saturated heterocycles. The number of amidine groups is 1. The number of rotatable bonds is 6. The zero-order valence-corrected chi connectivity index (χ0v) is 18.4. The van der Waals surface area contributed by atoms with Gasteiger partial charge in [-0.2, -0.15) is 13.2 Å². The van der Waals surface area contributed by atoms with Gasteiger partial charge in [-0.15, -0.1) is 11.8 Å². The molecule has 4 rings (SSSR count). The number of benzene rings is 3. The van der Waals surface area contributed by atoms with Crippen LogP contribution in [0.1, 0.15) is 28.8 Å². The van der Waals surface area contributed by atoms with Crippen molar-refractivity contribution < 1.29 is 23.1 Å². The minimum atomic E-state index is -5.08. The Kier molecular flexibility index (Phi) is 8.54. The number of nitrogens with zero attached hydrogens (tertiary/aromatic N) is 1. The third-order valence-electron chi connectivity index (χ3n) is 4.83. The Bertz CT molecular complexity index is 1050. The number of aliphatic carboxylic acids is 1. The van der Waals surface area contributed by atoms with Gasteiger partial charge in [0.1, 0.15) is 11.9 Å². The van der Waals surface area contributed by atoms with Crippen LogP contribution < -0.4 is 5.32 Å². The minimum absolute atomic E-state index is 0.130. The van der Waals surface area contributed by atoms with Crippen LogP contribution in [0.2, 0.25) is 0 Å². The summed E-state index contributed by atoms with van der Waals surface area (Å²) in [6, 6.07) is 32.2. The monoisotopic (exact) mass is 472 g/mol. The van der Waals surface area contributed by atoms with Crippen molar-refractivity contribution in [2.45, 2.75) is 24.0 Å². The molecule has 0 aliphatic carbocycles. The quantitative estimate of drug-likeness (QED) is 0.459. The Morgan fingerprint density at radius 3 is 1.85 bits per heavy atom. The average molecular weight is 473 g/mol. The molecule has 1 heterocycles. The number of carbonyl (C=O) groups is 1. The largest absolute Gasteiger partial charge is 0.490 e. The Morgan fingerprint density at radius 1 is 0.848 bits per heavy atom. The van der Waals surface area contributed by atoms with Crippen LogP contribution in [0, 0.1) is 0 Å². The van der Waals surface area contributed by atoms with E-state index in [1.54, 1.807) is 0 Å². The molecule has 172 valence electrons. The van der Waals surface area contributed by atoms with Crippen LogP contribution in [0.25, 0.3) is 0 Å². The molecule has 2 atom stereocenters. The number of halogens is 3. The normalized spacial score (nSPS) is 17.4. The molecule has 0 aromatic heterocycles. The number of nitrogens with one attached hydrogen (secondary N) is 1. The third kappa shape index (κ3) is 7.39. The fourth-order valence-corrected chi connectivity index (χ4v) is 4.18. The van der Waals surface area contributed by atoms with Crippen LogP contribution in [-0.2, 0) is 10.5 Å². The molecule has 0 bridgehead atoms. The lowest BCUT2D eigenvalue weighted by atomic mass is 9.95. The summed E-state index contributed by atoms with van der Waals surface area (Å²) in [5.41, 5.74) is 3.90. The van der Waals surface area contributed by atoms with Crippen molar-refractivity contribution in [1.29, 1.82) is 0 Å². The summed E-state index contributed by atoms with van der Waals surface area (Å²) < 4.78 is 31.7. The van der Waals surface area contributed by atoms with Crippen LogP contribution >= 0.6 is 11.8 Å². The van der Waals surface area contributed by atoms with Crippen molar-refractivity contribution in [2.75, 3.05) is 5.75 Å². The molecule has 1 aliphatic rings. The number of hydrogen-bond acceptors (Lipinski definition) is 4. The lowest BCUT2D eigenvalue weighted by Gasteiger charge is -2.19. The molecule has 8 heteroatoms. The van der Waals surface area contributed by atoms with Crippen molar-refractivity contribution in [2.24, 2.45) is 4.99 Å². The van der Waals surface area contributed by atoms with Gasteiger partial charge in [-0.25, -0.2) is 4.79 Å². The maximum absolute atomic E-state index is 10.6. The van der Waals surface area contributed by atoms with Crippen LogP contribution in [0.15, 0.2) is 96.0 Å². The van der Waals surface area contributed by atoms with E-state index in [0.29, 0.717) is 0 Å². The number of hydrogen-bond donors (Lipinski definition) is 2. The van der Waals surface area contributed by atoms with E-state index < -0.39 is 12.1 Å². The smallest absolute Gasteiger partial charge is 0.475 e. The van der Waals surface area contributed by atoms with Gasteiger partial charge in [0, 0.05) is 5.75 Å². The summed E-state index contributed by atoms with van der Waals surface area (Å²) in [6.07, 6.45) is -5.08. The summed E-state index contributed by atoms with van der Waals surface area (Å²) in [5, 5.41) is 10.8. The van der Waals surface area contributed by atoms with E-state index in [9.17, 15) is 13.2 Å². The highest BCUT2D eigenvalue weighted by Gasteiger charge is 2.38. The molecule has 0 radical (unpaired) electrons. The van der Waals surface area contributed by atoms with Crippen molar-refractivity contribution in [3.05, 3.63) is 108 Å². The highest BCUT2D eigenvalue weighted by Crippen LogP contribution is 2.36. The number of aliphatic imine (C=N–C) groups is 1. The molecule has 0 amide bonds. The molecule has 0 unspecified atom stereocenters. The molecule has 4 nitrogen and oxygen atoms in total. The predicted octanol–water partition coefficient (Wildman–Crippen LogP) is 6.04. The van der Waals surface area contributed by atoms with Crippen molar-refractivity contribution in [3.8, 4) is 0 Å². The molecule has 1 aliphatic heterocycles. The van der Waals surface area contributed by atoms with E-state index in [4.69, 9.17) is 14.9 Å². The summed E-state index contributed by atoms with van der Waals surface area (Å²) in [7, 11) is 0. The van der Waals surface area contributed by atoms with E-state index in [0.717, 1.165) is 17.3 Å². The molecule has 33 heavy (non-hydrogen) atoms. The minimum Gasteiger partial charge on any atom is -0.475 e. The Hall–Kier alpha value is -3.26. The summed E-state index contributed by atoms with van der Waals surface area (Å²) in [6.45, 7) is 0. The van der Waals surface area contributed by atoms with E-state index in [1.165, 1.54) is 16.7 Å². The zero-order chi connectivity index (χ0) is 23.7. The van der Waals surface area contributed by atoms with Crippen molar-refractivity contribution >= 4 is 23.6 Å². The van der Waals surface area contributed by atoms with Crippen LogP contribution in [0.3, 0.4) is 0 Å². The molecular formula is C25H23F3N2O2S. The molecule has 0 spiro atoms. The van der Waals surface area contributed by atoms with E-state index in [-0.39, 0.29) is 12.1 Å². The molecule has 3 aromatic rings. The summed E-state index contributed by atoms with van der Waals surface area (Å²) >= 11 is 1.90. The number of carboxylic acid groups (broad SMARTS) is 1. The topological polar surface area (TPSA) is 61.7 Å². The molecular weight excluding hydrogens is 449 g/mol. The maximum Gasteiger partial charge on any atom is 0.490 e. The van der Waals surface area contributed by atoms with Crippen molar-refractivity contribution in [3.63, 3.8) is 0 Å². The highest BCUT2D eigenvalue weighted by atomic mass is 32.2. The van der Waals surface area contributed by atoms with Gasteiger partial charge < -0.3 is 10.4 Å². The van der Waals surface area contributed by atoms with Crippen molar-refractivity contribution in [1.82, 2.24) is 5.32 Å². The molecule has 0 saturated carbocycles. The lowest BCUT2D eigenvalue weighted by Crippen LogP contribution is -2.25. The Morgan fingerprint density at radius 2 is 1.33 bits per heavy atom. The maximum atomic E-state index is 10.6. The van der Waals surface area contributed by atoms with Gasteiger partial charge in [0.25, 0.3) is 0 Å². The first-order valence-corrected chi connectivity index (χ1v) is 11.3. The van der Waals surface area contributed by atoms with Gasteiger partial charge in [-0.05, 0) is 16.7 Å². The second kappa shape index (κ2) is 11.6. The number of thioether (sulfide) groups is 1. The third-order valence-corrected chi connectivity index (χ3v) is 5.84. The van der Waals surface area contributed by atoms with Gasteiger partial charge in [0.15, 0.2) is 0 Å². The van der Waals surface area contributed by atoms with Gasteiger partial charge in [0.2, 0.25) is 0 Å². The molecule has 2 N–H and O–H groups in total. The summed E-state index contributed by atoms with van der Waals surface area (Å²) in [5.74, 6) is 0.246. The fourth-order valence-electron chi connectivity index (χ4n) is 3.30. The first kappa shape index (κ1) is 24.4. The Labute approximate surface area is 194 Å².